The average molecular weight is 302 g/mol. The van der Waals surface area contributed by atoms with E-state index in [0.717, 1.165) is 31.6 Å². The summed E-state index contributed by atoms with van der Waals surface area (Å²) in [5, 5.41) is 0. The molecule has 2 heteroatoms. The van der Waals surface area contributed by atoms with E-state index in [1.807, 2.05) is 0 Å². The number of ether oxygens (including phenoxy) is 2. The zero-order valence-electron chi connectivity index (χ0n) is 14.1. The van der Waals surface area contributed by atoms with E-state index in [2.05, 4.69) is 44.7 Å². The average Bonchev–Trinajstić information content (AvgIpc) is 2.54. The molecule has 1 heterocycles. The summed E-state index contributed by atoms with van der Waals surface area (Å²) in [5.41, 5.74) is 3.71. The van der Waals surface area contributed by atoms with Crippen LogP contribution in [0.5, 0.6) is 0 Å². The fraction of sp³-hybridized carbons (Fsp3) is 0.600. The smallest absolute Gasteiger partial charge is 0.183 e. The third kappa shape index (κ3) is 5.58. The first-order valence-corrected chi connectivity index (χ1v) is 8.65. The molecule has 1 aliphatic heterocycles. The van der Waals surface area contributed by atoms with Gasteiger partial charge in [0.1, 0.15) is 0 Å². The van der Waals surface area contributed by atoms with Crippen LogP contribution in [0.1, 0.15) is 63.4 Å². The van der Waals surface area contributed by atoms with Gasteiger partial charge in [-0.05, 0) is 31.7 Å². The first kappa shape index (κ1) is 17.2. The van der Waals surface area contributed by atoms with Crippen LogP contribution in [0.2, 0.25) is 0 Å². The van der Waals surface area contributed by atoms with E-state index in [-0.39, 0.29) is 6.29 Å². The molecule has 0 aromatic heterocycles. The summed E-state index contributed by atoms with van der Waals surface area (Å²) >= 11 is 0. The minimum Gasteiger partial charge on any atom is -0.348 e. The first-order valence-electron chi connectivity index (χ1n) is 8.65. The second-order valence-corrected chi connectivity index (χ2v) is 6.56. The SMILES string of the molecule is C=C(C)CCc1ccc(C2OCC(CCCCC)CO2)cc1. The molecule has 0 radical (unpaired) electrons. The van der Waals surface area contributed by atoms with E-state index < -0.39 is 0 Å². The van der Waals surface area contributed by atoms with Crippen molar-refractivity contribution >= 4 is 0 Å². The Balaban J connectivity index is 1.77. The maximum absolute atomic E-state index is 5.91. The van der Waals surface area contributed by atoms with Crippen molar-refractivity contribution in [2.45, 2.75) is 58.7 Å². The number of rotatable bonds is 8. The number of unbranched alkanes of at least 4 members (excludes halogenated alkanes) is 2. The van der Waals surface area contributed by atoms with Crippen LogP contribution in [-0.4, -0.2) is 13.2 Å². The standard InChI is InChI=1S/C20H30O2/c1-4-5-6-7-18-14-21-20(22-15-18)19-12-10-17(11-13-19)9-8-16(2)3/h10-13,18,20H,2,4-9,14-15H2,1,3H3. The monoisotopic (exact) mass is 302 g/mol. The molecule has 2 rings (SSSR count). The Hall–Kier alpha value is -1.12. The molecule has 22 heavy (non-hydrogen) atoms. The molecule has 0 amide bonds. The Morgan fingerprint density at radius 3 is 2.41 bits per heavy atom. The van der Waals surface area contributed by atoms with Crippen LogP contribution in [0.25, 0.3) is 0 Å². The summed E-state index contributed by atoms with van der Waals surface area (Å²) in [6, 6.07) is 8.63. The largest absolute Gasteiger partial charge is 0.348 e. The maximum Gasteiger partial charge on any atom is 0.183 e. The quantitative estimate of drug-likeness (QED) is 0.470. The highest BCUT2D eigenvalue weighted by Gasteiger charge is 2.23. The summed E-state index contributed by atoms with van der Waals surface area (Å²) in [6.45, 7) is 9.92. The van der Waals surface area contributed by atoms with E-state index in [9.17, 15) is 0 Å². The lowest BCUT2D eigenvalue weighted by molar-refractivity contribution is -0.206. The van der Waals surface area contributed by atoms with Gasteiger partial charge in [-0.2, -0.15) is 0 Å². The van der Waals surface area contributed by atoms with E-state index in [4.69, 9.17) is 9.47 Å². The Kier molecular flexibility index (Phi) is 7.14. The highest BCUT2D eigenvalue weighted by molar-refractivity contribution is 5.24. The van der Waals surface area contributed by atoms with Crippen LogP contribution >= 0.6 is 0 Å². The molecule has 122 valence electrons. The van der Waals surface area contributed by atoms with Gasteiger partial charge in [-0.1, -0.05) is 56.0 Å². The van der Waals surface area contributed by atoms with Crippen molar-refractivity contribution in [2.75, 3.05) is 13.2 Å². The molecule has 0 atom stereocenters. The first-order chi connectivity index (χ1) is 10.7. The second kappa shape index (κ2) is 9.12. The fourth-order valence-electron chi connectivity index (χ4n) is 2.78. The van der Waals surface area contributed by atoms with Crippen molar-refractivity contribution in [3.8, 4) is 0 Å². The lowest BCUT2D eigenvalue weighted by atomic mass is 10.0. The lowest BCUT2D eigenvalue weighted by Gasteiger charge is -2.29. The molecule has 0 N–H and O–H groups in total. The summed E-state index contributed by atoms with van der Waals surface area (Å²) in [5.74, 6) is 0.567. The molecule has 1 aromatic rings. The van der Waals surface area contributed by atoms with Gasteiger partial charge in [0.05, 0.1) is 13.2 Å². The minimum absolute atomic E-state index is 0.183. The van der Waals surface area contributed by atoms with Gasteiger partial charge in [0.2, 0.25) is 0 Å². The van der Waals surface area contributed by atoms with Crippen molar-refractivity contribution in [1.82, 2.24) is 0 Å². The summed E-state index contributed by atoms with van der Waals surface area (Å²) in [4.78, 5) is 0. The molecule has 0 unspecified atom stereocenters. The zero-order chi connectivity index (χ0) is 15.8. The molecule has 1 fully saturated rings. The predicted molar refractivity (Wildman–Crippen MR) is 91.9 cm³/mol. The number of hydrogen-bond acceptors (Lipinski definition) is 2. The van der Waals surface area contributed by atoms with Crippen molar-refractivity contribution in [1.29, 1.82) is 0 Å². The Bertz CT molecular complexity index is 441. The van der Waals surface area contributed by atoms with E-state index in [0.29, 0.717) is 5.92 Å². The Morgan fingerprint density at radius 1 is 1.14 bits per heavy atom. The predicted octanol–water partition coefficient (Wildman–Crippen LogP) is 5.44. The molecule has 1 aromatic carbocycles. The molecule has 1 aliphatic rings. The van der Waals surface area contributed by atoms with Crippen LogP contribution in [0, 0.1) is 5.92 Å². The van der Waals surface area contributed by atoms with Crippen LogP contribution in [0.4, 0.5) is 0 Å². The highest BCUT2D eigenvalue weighted by atomic mass is 16.7. The normalized spacial score (nSPS) is 21.7. The van der Waals surface area contributed by atoms with Crippen LogP contribution in [0.15, 0.2) is 36.4 Å². The molecule has 0 bridgehead atoms. The van der Waals surface area contributed by atoms with Gasteiger partial charge in [0, 0.05) is 11.5 Å². The minimum atomic E-state index is -0.183. The van der Waals surface area contributed by atoms with E-state index in [1.54, 1.807) is 0 Å². The lowest BCUT2D eigenvalue weighted by Crippen LogP contribution is -2.27. The van der Waals surface area contributed by atoms with Gasteiger partial charge in [0.25, 0.3) is 0 Å². The molecule has 0 aliphatic carbocycles. The Labute approximate surface area is 135 Å². The summed E-state index contributed by atoms with van der Waals surface area (Å²) < 4.78 is 11.8. The third-order valence-electron chi connectivity index (χ3n) is 4.27. The molecule has 1 saturated heterocycles. The van der Waals surface area contributed by atoms with Gasteiger partial charge in [-0.15, -0.1) is 6.58 Å². The molecule has 2 nitrogen and oxygen atoms in total. The third-order valence-corrected chi connectivity index (χ3v) is 4.27. The van der Waals surface area contributed by atoms with Crippen molar-refractivity contribution in [3.05, 3.63) is 47.5 Å². The number of allylic oxidation sites excluding steroid dienone is 1. The zero-order valence-corrected chi connectivity index (χ0v) is 14.1. The second-order valence-electron chi connectivity index (χ2n) is 6.56. The molecular formula is C20H30O2. The maximum atomic E-state index is 5.91. The van der Waals surface area contributed by atoms with Gasteiger partial charge in [0.15, 0.2) is 6.29 Å². The van der Waals surface area contributed by atoms with Gasteiger partial charge in [-0.25, -0.2) is 0 Å². The Morgan fingerprint density at radius 2 is 1.82 bits per heavy atom. The van der Waals surface area contributed by atoms with Gasteiger partial charge < -0.3 is 9.47 Å². The fourth-order valence-corrected chi connectivity index (χ4v) is 2.78. The molecule has 0 saturated carbocycles. The highest BCUT2D eigenvalue weighted by Crippen LogP contribution is 2.27. The topological polar surface area (TPSA) is 18.5 Å². The van der Waals surface area contributed by atoms with Crippen molar-refractivity contribution < 1.29 is 9.47 Å². The van der Waals surface area contributed by atoms with Crippen LogP contribution in [0.3, 0.4) is 0 Å². The van der Waals surface area contributed by atoms with Gasteiger partial charge in [-0.3, -0.25) is 0 Å². The number of aryl methyl sites for hydroxylation is 1. The number of benzene rings is 1. The van der Waals surface area contributed by atoms with Crippen molar-refractivity contribution in [3.63, 3.8) is 0 Å². The van der Waals surface area contributed by atoms with Gasteiger partial charge >= 0.3 is 0 Å². The molecule has 0 spiro atoms. The van der Waals surface area contributed by atoms with E-state index >= 15 is 0 Å². The van der Waals surface area contributed by atoms with E-state index in [1.165, 1.54) is 36.8 Å². The van der Waals surface area contributed by atoms with Crippen LogP contribution in [-0.2, 0) is 15.9 Å². The number of hydrogen-bond donors (Lipinski definition) is 0. The van der Waals surface area contributed by atoms with Crippen molar-refractivity contribution in [2.24, 2.45) is 5.92 Å². The van der Waals surface area contributed by atoms with Crippen LogP contribution < -0.4 is 0 Å². The molecular weight excluding hydrogens is 272 g/mol. The summed E-state index contributed by atoms with van der Waals surface area (Å²) in [6.07, 6.45) is 7.02. The summed E-state index contributed by atoms with van der Waals surface area (Å²) in [7, 11) is 0.